The van der Waals surface area contributed by atoms with E-state index in [2.05, 4.69) is 15.0 Å². The second-order valence-corrected chi connectivity index (χ2v) is 6.32. The van der Waals surface area contributed by atoms with Crippen molar-refractivity contribution < 1.29 is 9.84 Å². The Labute approximate surface area is 149 Å². The lowest BCUT2D eigenvalue weighted by molar-refractivity contribution is 0.411. The zero-order chi connectivity index (χ0) is 18.6. The summed E-state index contributed by atoms with van der Waals surface area (Å²) in [6, 6.07) is 5.64. The van der Waals surface area contributed by atoms with E-state index < -0.39 is 0 Å². The van der Waals surface area contributed by atoms with Gasteiger partial charge in [-0.2, -0.15) is 0 Å². The van der Waals surface area contributed by atoms with Crippen molar-refractivity contribution in [2.75, 3.05) is 7.11 Å². The first-order valence-corrected chi connectivity index (χ1v) is 8.22. The van der Waals surface area contributed by atoms with E-state index in [4.69, 9.17) is 10.1 Å². The summed E-state index contributed by atoms with van der Waals surface area (Å²) in [6.45, 7) is 5.80. The molecule has 7 nitrogen and oxygen atoms in total. The molecule has 4 aromatic rings. The lowest BCUT2D eigenvalue weighted by Crippen LogP contribution is -2.16. The zero-order valence-electron chi connectivity index (χ0n) is 15.0. The van der Waals surface area contributed by atoms with Crippen LogP contribution in [0.5, 0.6) is 11.6 Å². The molecule has 26 heavy (non-hydrogen) atoms. The summed E-state index contributed by atoms with van der Waals surface area (Å²) >= 11 is 0. The molecule has 3 heterocycles. The summed E-state index contributed by atoms with van der Waals surface area (Å²) < 4.78 is 7.22. The third kappa shape index (κ3) is 2.10. The van der Waals surface area contributed by atoms with Crippen molar-refractivity contribution in [1.29, 1.82) is 5.41 Å². The van der Waals surface area contributed by atoms with Gasteiger partial charge in [-0.3, -0.25) is 9.98 Å². The van der Waals surface area contributed by atoms with Gasteiger partial charge in [-0.05, 0) is 38.5 Å². The van der Waals surface area contributed by atoms with Crippen molar-refractivity contribution >= 4 is 21.9 Å². The summed E-state index contributed by atoms with van der Waals surface area (Å²) in [5.41, 5.74) is 4.22. The monoisotopic (exact) mass is 349 g/mol. The van der Waals surface area contributed by atoms with Crippen molar-refractivity contribution in [1.82, 2.24) is 19.5 Å². The third-order valence-corrected chi connectivity index (χ3v) is 4.69. The van der Waals surface area contributed by atoms with Crippen LogP contribution in [-0.4, -0.2) is 31.7 Å². The van der Waals surface area contributed by atoms with Crippen LogP contribution in [0.25, 0.3) is 27.6 Å². The number of nitrogens with zero attached hydrogens (tertiary/aromatic N) is 3. The predicted molar refractivity (Wildman–Crippen MR) is 99.0 cm³/mol. The molecule has 0 saturated heterocycles. The number of ether oxygens (including phenoxy) is 1. The predicted octanol–water partition coefficient (Wildman–Crippen LogP) is 3.02. The Hall–Kier alpha value is -3.35. The Balaban J connectivity index is 2.30. The lowest BCUT2D eigenvalue weighted by atomic mass is 10.1. The number of aromatic hydroxyl groups is 1. The fourth-order valence-electron chi connectivity index (χ4n) is 3.55. The first kappa shape index (κ1) is 16.1. The van der Waals surface area contributed by atoms with Gasteiger partial charge in [-0.15, -0.1) is 0 Å². The summed E-state index contributed by atoms with van der Waals surface area (Å²) in [4.78, 5) is 11.9. The van der Waals surface area contributed by atoms with E-state index in [1.807, 2.05) is 32.9 Å². The Morgan fingerprint density at radius 1 is 1.15 bits per heavy atom. The molecule has 7 heteroatoms. The molecular formula is C19H19N5O2. The number of aromatic amines is 1. The van der Waals surface area contributed by atoms with Crippen LogP contribution in [0.1, 0.15) is 17.0 Å². The molecule has 0 amide bonds. The highest BCUT2D eigenvalue weighted by Crippen LogP contribution is 2.32. The molecule has 0 fully saturated rings. The molecule has 0 unspecified atom stereocenters. The first-order valence-electron chi connectivity index (χ1n) is 8.22. The van der Waals surface area contributed by atoms with Gasteiger partial charge in [0.1, 0.15) is 17.1 Å². The molecule has 3 N–H and O–H groups in total. The molecule has 0 aliphatic heterocycles. The molecule has 0 bridgehead atoms. The summed E-state index contributed by atoms with van der Waals surface area (Å²) in [5, 5.41) is 20.2. The van der Waals surface area contributed by atoms with Crippen LogP contribution in [0.3, 0.4) is 0 Å². The van der Waals surface area contributed by atoms with Crippen LogP contribution in [0.4, 0.5) is 0 Å². The minimum absolute atomic E-state index is 0.136. The summed E-state index contributed by atoms with van der Waals surface area (Å²) in [6.07, 6.45) is 1.52. The van der Waals surface area contributed by atoms with Crippen LogP contribution < -0.4 is 10.2 Å². The number of aromatic nitrogens is 4. The zero-order valence-corrected chi connectivity index (χ0v) is 15.0. The number of aryl methyl sites for hydroxylation is 2. The Kier molecular flexibility index (Phi) is 3.47. The number of benzene rings is 1. The van der Waals surface area contributed by atoms with E-state index in [0.717, 1.165) is 28.1 Å². The number of rotatable bonds is 2. The van der Waals surface area contributed by atoms with Gasteiger partial charge in [-0.1, -0.05) is 6.07 Å². The molecule has 0 spiro atoms. The second kappa shape index (κ2) is 5.59. The van der Waals surface area contributed by atoms with E-state index in [1.54, 1.807) is 17.7 Å². The largest absolute Gasteiger partial charge is 0.496 e. The van der Waals surface area contributed by atoms with E-state index in [9.17, 15) is 5.11 Å². The van der Waals surface area contributed by atoms with Crippen LogP contribution >= 0.6 is 0 Å². The molecule has 0 atom stereocenters. The van der Waals surface area contributed by atoms with Crippen molar-refractivity contribution in [3.05, 3.63) is 46.8 Å². The van der Waals surface area contributed by atoms with Gasteiger partial charge in [0.2, 0.25) is 5.88 Å². The maximum Gasteiger partial charge on any atom is 0.222 e. The molecule has 0 radical (unpaired) electrons. The van der Waals surface area contributed by atoms with Crippen molar-refractivity contribution in [2.45, 2.75) is 20.8 Å². The number of H-pyrrole nitrogens is 1. The maximum atomic E-state index is 10.4. The molecule has 132 valence electrons. The molecule has 0 aliphatic rings. The third-order valence-electron chi connectivity index (χ3n) is 4.69. The van der Waals surface area contributed by atoms with E-state index in [0.29, 0.717) is 22.2 Å². The summed E-state index contributed by atoms with van der Waals surface area (Å²) in [5.74, 6) is 1.26. The van der Waals surface area contributed by atoms with E-state index in [-0.39, 0.29) is 11.4 Å². The van der Waals surface area contributed by atoms with Crippen molar-refractivity contribution in [3.8, 4) is 17.3 Å². The number of nitrogens with one attached hydrogen (secondary N) is 2. The van der Waals surface area contributed by atoms with Gasteiger partial charge in [0.15, 0.2) is 5.65 Å². The summed E-state index contributed by atoms with van der Waals surface area (Å²) in [7, 11) is 1.62. The molecular weight excluding hydrogens is 330 g/mol. The van der Waals surface area contributed by atoms with Crippen LogP contribution in [0.15, 0.2) is 24.4 Å². The standard InChI is InChI=1S/C19H19N5O2/c1-9-5-6-13(26-4)10(2)16(9)24-17(20)15-14-12(7-8-21-19(15)25)22-11(3)23-18(14)24/h5-8,20,25H,1-4H3,(H,22,23). The average molecular weight is 349 g/mol. The Morgan fingerprint density at radius 2 is 1.92 bits per heavy atom. The van der Waals surface area contributed by atoms with Crippen molar-refractivity contribution in [3.63, 3.8) is 0 Å². The number of methoxy groups -OCH3 is 1. The highest BCUT2D eigenvalue weighted by molar-refractivity contribution is 6.08. The van der Waals surface area contributed by atoms with Gasteiger partial charge in [0.25, 0.3) is 0 Å². The van der Waals surface area contributed by atoms with Gasteiger partial charge < -0.3 is 14.8 Å². The minimum atomic E-state index is -0.189. The van der Waals surface area contributed by atoms with Crippen LogP contribution in [0.2, 0.25) is 0 Å². The Morgan fingerprint density at radius 3 is 2.65 bits per heavy atom. The quantitative estimate of drug-likeness (QED) is 0.518. The smallest absolute Gasteiger partial charge is 0.222 e. The lowest BCUT2D eigenvalue weighted by Gasteiger charge is -2.15. The fraction of sp³-hybridized carbons (Fsp3) is 0.211. The van der Waals surface area contributed by atoms with Gasteiger partial charge in [0, 0.05) is 11.8 Å². The topological polar surface area (TPSA) is 99.8 Å². The highest BCUT2D eigenvalue weighted by atomic mass is 16.5. The molecule has 4 rings (SSSR count). The normalized spacial score (nSPS) is 11.4. The maximum absolute atomic E-state index is 10.4. The van der Waals surface area contributed by atoms with Gasteiger partial charge in [-0.25, -0.2) is 9.97 Å². The van der Waals surface area contributed by atoms with Crippen LogP contribution in [0, 0.1) is 26.2 Å². The van der Waals surface area contributed by atoms with E-state index in [1.165, 1.54) is 6.20 Å². The molecule has 3 aromatic heterocycles. The SMILES string of the molecule is COc1ccc(C)c(-n2c(=N)c3c(O)nccc4[nH]c(C)nc2c43)c1C. The van der Waals surface area contributed by atoms with Gasteiger partial charge >= 0.3 is 0 Å². The first-order chi connectivity index (χ1) is 12.4. The molecule has 0 aliphatic carbocycles. The highest BCUT2D eigenvalue weighted by Gasteiger charge is 2.21. The average Bonchev–Trinajstić information content (AvgIpc) is 2.76. The number of hydrogen-bond donors (Lipinski definition) is 3. The van der Waals surface area contributed by atoms with Crippen LogP contribution in [-0.2, 0) is 0 Å². The second-order valence-electron chi connectivity index (χ2n) is 6.32. The fourth-order valence-corrected chi connectivity index (χ4v) is 3.55. The van der Waals surface area contributed by atoms with Gasteiger partial charge in [0.05, 0.1) is 29.1 Å². The molecule has 0 saturated carbocycles. The van der Waals surface area contributed by atoms with Crippen molar-refractivity contribution in [2.24, 2.45) is 0 Å². The number of hydrogen-bond acceptors (Lipinski definition) is 5. The molecule has 1 aromatic carbocycles. The Bertz CT molecular complexity index is 1240. The van der Waals surface area contributed by atoms with E-state index >= 15 is 0 Å². The minimum Gasteiger partial charge on any atom is -0.496 e.